The molecule has 38 heavy (non-hydrogen) atoms. The Morgan fingerprint density at radius 1 is 1.24 bits per heavy atom. The quantitative estimate of drug-likeness (QED) is 0.399. The Hall–Kier alpha value is -3.72. The molecule has 2 aromatic rings. The molecule has 0 bridgehead atoms. The van der Waals surface area contributed by atoms with Gasteiger partial charge in [0, 0.05) is 36.9 Å². The Morgan fingerprint density at radius 3 is 2.79 bits per heavy atom. The minimum Gasteiger partial charge on any atom is -0.418 e. The molecule has 1 fully saturated rings. The number of piperidine rings is 1. The van der Waals surface area contributed by atoms with Gasteiger partial charge in [0.2, 0.25) is 5.95 Å². The van der Waals surface area contributed by atoms with E-state index in [9.17, 15) is 22.8 Å². The predicted molar refractivity (Wildman–Crippen MR) is 135 cm³/mol. The molecule has 11 nitrogen and oxygen atoms in total. The summed E-state index contributed by atoms with van der Waals surface area (Å²) in [5.41, 5.74) is -1.03. The molecule has 0 unspecified atom stereocenters. The average molecular weight is 553 g/mol. The maximum Gasteiger partial charge on any atom is 0.421 e. The lowest BCUT2D eigenvalue weighted by Crippen LogP contribution is -2.43. The highest BCUT2D eigenvalue weighted by Gasteiger charge is 2.35. The van der Waals surface area contributed by atoms with E-state index in [4.69, 9.17) is 4.74 Å². The molecule has 204 valence electrons. The molecule has 0 saturated carbocycles. The third kappa shape index (κ3) is 7.41. The van der Waals surface area contributed by atoms with Gasteiger partial charge in [-0.2, -0.15) is 18.2 Å². The van der Waals surface area contributed by atoms with Gasteiger partial charge in [0.25, 0.3) is 5.91 Å². The van der Waals surface area contributed by atoms with Crippen molar-refractivity contribution in [3.8, 4) is 0 Å². The van der Waals surface area contributed by atoms with Crippen molar-refractivity contribution in [3.05, 3.63) is 46.8 Å². The van der Waals surface area contributed by atoms with Crippen LogP contribution >= 0.6 is 11.3 Å². The van der Waals surface area contributed by atoms with Crippen LogP contribution in [-0.4, -0.2) is 76.0 Å². The molecule has 0 aliphatic carbocycles. The summed E-state index contributed by atoms with van der Waals surface area (Å²) in [7, 11) is 2.03. The van der Waals surface area contributed by atoms with Crippen LogP contribution in [0.2, 0.25) is 0 Å². The minimum absolute atomic E-state index is 0.0728. The van der Waals surface area contributed by atoms with E-state index in [1.54, 1.807) is 17.5 Å². The highest BCUT2D eigenvalue weighted by molar-refractivity contribution is 7.12. The van der Waals surface area contributed by atoms with Gasteiger partial charge in [0.1, 0.15) is 17.2 Å². The zero-order chi connectivity index (χ0) is 27.1. The second kappa shape index (κ2) is 12.2. The second-order valence-electron chi connectivity index (χ2n) is 8.70. The number of thiazole rings is 1. The van der Waals surface area contributed by atoms with Crippen LogP contribution in [0, 0.1) is 0 Å². The first-order chi connectivity index (χ1) is 18.2. The van der Waals surface area contributed by atoms with Crippen LogP contribution in [0.15, 0.2) is 36.2 Å². The first-order valence-electron chi connectivity index (χ1n) is 11.9. The number of anilines is 3. The van der Waals surface area contributed by atoms with Gasteiger partial charge in [-0.3, -0.25) is 9.69 Å². The molecule has 2 aliphatic heterocycles. The van der Waals surface area contributed by atoms with Crippen LogP contribution in [0.25, 0.3) is 0 Å². The lowest BCUT2D eigenvalue weighted by molar-refractivity contribution is -0.137. The van der Waals surface area contributed by atoms with Crippen molar-refractivity contribution in [2.45, 2.75) is 31.5 Å². The summed E-state index contributed by atoms with van der Waals surface area (Å²) >= 11 is 1.11. The average Bonchev–Trinajstić information content (AvgIpc) is 3.24. The number of carbonyl (C=O) groups is 2. The highest BCUT2D eigenvalue weighted by Crippen LogP contribution is 2.34. The third-order valence-corrected chi connectivity index (χ3v) is 6.65. The van der Waals surface area contributed by atoms with Crippen molar-refractivity contribution in [2.75, 3.05) is 43.9 Å². The summed E-state index contributed by atoms with van der Waals surface area (Å²) in [4.78, 5) is 39.9. The van der Waals surface area contributed by atoms with E-state index in [-0.39, 0.29) is 41.8 Å². The lowest BCUT2D eigenvalue weighted by atomic mass is 10.1. The zero-order valence-electron chi connectivity index (χ0n) is 20.5. The molecule has 0 atom stereocenters. The van der Waals surface area contributed by atoms with E-state index in [1.807, 2.05) is 7.05 Å². The number of allylic oxidation sites excluding steroid dienone is 2. The SMILES string of the molecule is CN1CCC(NC(=O)c2nc(Nc3ncc(C(F)(F)F)c(NCCCN4C=CC=COC4=O)n3)cs2)CC1. The van der Waals surface area contributed by atoms with Gasteiger partial charge < -0.3 is 25.6 Å². The van der Waals surface area contributed by atoms with Crippen LogP contribution in [0.3, 0.4) is 0 Å². The van der Waals surface area contributed by atoms with E-state index in [0.29, 0.717) is 12.6 Å². The van der Waals surface area contributed by atoms with Crippen molar-refractivity contribution in [1.82, 2.24) is 30.1 Å². The Morgan fingerprint density at radius 2 is 2.03 bits per heavy atom. The first-order valence-corrected chi connectivity index (χ1v) is 12.8. The van der Waals surface area contributed by atoms with Crippen LogP contribution in [-0.2, 0) is 10.9 Å². The molecular formula is C23H27F3N8O3S. The van der Waals surface area contributed by atoms with Gasteiger partial charge in [-0.25, -0.2) is 14.8 Å². The fourth-order valence-electron chi connectivity index (χ4n) is 3.78. The Labute approximate surface area is 220 Å². The second-order valence-corrected chi connectivity index (χ2v) is 9.55. The number of hydrogen-bond donors (Lipinski definition) is 3. The number of rotatable bonds is 9. The number of amides is 2. The highest BCUT2D eigenvalue weighted by atomic mass is 32.1. The summed E-state index contributed by atoms with van der Waals surface area (Å²) in [6.45, 7) is 2.12. The molecule has 1 saturated heterocycles. The van der Waals surface area contributed by atoms with Crippen LogP contribution in [0.1, 0.15) is 34.6 Å². The fraction of sp³-hybridized carbons (Fsp3) is 0.435. The monoisotopic (exact) mass is 552 g/mol. The molecule has 15 heteroatoms. The minimum atomic E-state index is -4.68. The number of halogens is 3. The van der Waals surface area contributed by atoms with E-state index in [1.165, 1.54) is 17.4 Å². The van der Waals surface area contributed by atoms with Crippen LogP contribution < -0.4 is 16.0 Å². The largest absolute Gasteiger partial charge is 0.421 e. The Bertz CT molecular complexity index is 1190. The summed E-state index contributed by atoms with van der Waals surface area (Å²) < 4.78 is 45.4. The van der Waals surface area contributed by atoms with Crippen LogP contribution in [0.4, 0.5) is 35.5 Å². The smallest absolute Gasteiger partial charge is 0.418 e. The molecule has 3 N–H and O–H groups in total. The van der Waals surface area contributed by atoms with E-state index < -0.39 is 23.7 Å². The van der Waals surface area contributed by atoms with E-state index in [0.717, 1.165) is 37.3 Å². The lowest BCUT2D eigenvalue weighted by Gasteiger charge is -2.29. The number of aromatic nitrogens is 3. The van der Waals surface area contributed by atoms with Crippen molar-refractivity contribution in [1.29, 1.82) is 0 Å². The predicted octanol–water partition coefficient (Wildman–Crippen LogP) is 3.80. The van der Waals surface area contributed by atoms with Gasteiger partial charge >= 0.3 is 12.3 Å². The van der Waals surface area contributed by atoms with Gasteiger partial charge in [-0.1, -0.05) is 0 Å². The normalized spacial score (nSPS) is 16.7. The van der Waals surface area contributed by atoms with Crippen molar-refractivity contribution < 1.29 is 27.5 Å². The Kier molecular flexibility index (Phi) is 8.78. The number of alkyl halides is 3. The Balaban J connectivity index is 1.36. The molecule has 0 spiro atoms. The zero-order valence-corrected chi connectivity index (χ0v) is 21.3. The number of carbonyl (C=O) groups excluding carboxylic acids is 2. The van der Waals surface area contributed by atoms with Crippen LogP contribution in [0.5, 0.6) is 0 Å². The topological polar surface area (TPSA) is 125 Å². The molecule has 0 aromatic carbocycles. The van der Waals surface area contributed by atoms with Crippen molar-refractivity contribution in [3.63, 3.8) is 0 Å². The standard InChI is InChI=1S/C23H27F3N8O3S/c1-33-10-5-15(6-11-33)29-19(35)20-30-17(14-38-20)31-21-28-13-16(23(24,25)26)18(32-21)27-7-4-9-34-8-2-3-12-37-22(34)36/h2-3,8,12-15H,4-7,9-11H2,1H3,(H,29,35)(H2,27,28,31,32). The number of hydrogen-bond acceptors (Lipinski definition) is 10. The number of ether oxygens (including phenoxy) is 1. The summed E-state index contributed by atoms with van der Waals surface area (Å²) in [5, 5.41) is 10.2. The molecule has 2 aromatic heterocycles. The maximum absolute atomic E-state index is 13.5. The molecule has 2 amide bonds. The molecular weight excluding hydrogens is 525 g/mol. The van der Waals surface area contributed by atoms with E-state index in [2.05, 4.69) is 35.8 Å². The molecule has 0 radical (unpaired) electrons. The third-order valence-electron chi connectivity index (χ3n) is 5.81. The van der Waals surface area contributed by atoms with Gasteiger partial charge in [0.15, 0.2) is 5.01 Å². The van der Waals surface area contributed by atoms with Gasteiger partial charge in [-0.15, -0.1) is 11.3 Å². The number of likely N-dealkylation sites (tertiary alicyclic amines) is 1. The first kappa shape index (κ1) is 27.3. The number of cyclic esters (lactones) is 1. The molecule has 2 aliphatic rings. The van der Waals surface area contributed by atoms with Gasteiger partial charge in [-0.05, 0) is 51.6 Å². The van der Waals surface area contributed by atoms with Gasteiger partial charge in [0.05, 0.1) is 6.26 Å². The number of nitrogens with zero attached hydrogens (tertiary/aromatic N) is 5. The fourth-order valence-corrected chi connectivity index (χ4v) is 4.43. The maximum atomic E-state index is 13.5. The molecule has 4 rings (SSSR count). The van der Waals surface area contributed by atoms with Crippen molar-refractivity contribution >= 4 is 40.9 Å². The summed E-state index contributed by atoms with van der Waals surface area (Å²) in [5.74, 6) is -0.583. The number of nitrogens with one attached hydrogen (secondary N) is 3. The molecule has 4 heterocycles. The summed E-state index contributed by atoms with van der Waals surface area (Å²) in [6, 6.07) is 0.0728. The van der Waals surface area contributed by atoms with Crippen molar-refractivity contribution in [2.24, 2.45) is 0 Å². The van der Waals surface area contributed by atoms with E-state index >= 15 is 0 Å². The summed E-state index contributed by atoms with van der Waals surface area (Å²) in [6.07, 6.45) is 3.38.